The lowest BCUT2D eigenvalue weighted by Gasteiger charge is -2.06. The second-order valence-corrected chi connectivity index (χ2v) is 3.46. The van der Waals surface area contributed by atoms with Gasteiger partial charge in [0.05, 0.1) is 6.61 Å². The topological polar surface area (TPSA) is 64.6 Å². The van der Waals surface area contributed by atoms with Gasteiger partial charge in [0.25, 0.3) is 0 Å². The standard InChI is InChI=1S/C10H19NO4/c1-8(2)9(12)6-15-5-4-11-10(13)7-14-3/h8H,4-7H2,1-3H3,(H,11,13). The molecule has 0 heterocycles. The van der Waals surface area contributed by atoms with E-state index in [1.54, 1.807) is 0 Å². The fourth-order valence-electron chi connectivity index (χ4n) is 0.784. The average molecular weight is 217 g/mol. The van der Waals surface area contributed by atoms with Gasteiger partial charge in [-0.3, -0.25) is 9.59 Å². The minimum Gasteiger partial charge on any atom is -0.375 e. The van der Waals surface area contributed by atoms with Crippen LogP contribution in [0.15, 0.2) is 0 Å². The van der Waals surface area contributed by atoms with E-state index in [1.165, 1.54) is 7.11 Å². The molecule has 0 fully saturated rings. The van der Waals surface area contributed by atoms with Gasteiger partial charge in [-0.15, -0.1) is 0 Å². The molecule has 1 N–H and O–H groups in total. The smallest absolute Gasteiger partial charge is 0.246 e. The third-order valence-electron chi connectivity index (χ3n) is 1.73. The zero-order valence-corrected chi connectivity index (χ0v) is 9.54. The number of rotatable bonds is 8. The van der Waals surface area contributed by atoms with Crippen molar-refractivity contribution in [2.45, 2.75) is 13.8 Å². The summed E-state index contributed by atoms with van der Waals surface area (Å²) in [7, 11) is 1.46. The van der Waals surface area contributed by atoms with Crippen LogP contribution in [-0.2, 0) is 19.1 Å². The molecule has 0 atom stereocenters. The van der Waals surface area contributed by atoms with E-state index in [0.29, 0.717) is 13.2 Å². The van der Waals surface area contributed by atoms with Gasteiger partial charge in [0.15, 0.2) is 5.78 Å². The maximum Gasteiger partial charge on any atom is 0.246 e. The summed E-state index contributed by atoms with van der Waals surface area (Å²) in [6.45, 7) is 4.54. The van der Waals surface area contributed by atoms with Crippen LogP contribution in [0.1, 0.15) is 13.8 Å². The highest BCUT2D eigenvalue weighted by molar-refractivity contribution is 5.81. The molecule has 1 amide bonds. The number of hydrogen-bond acceptors (Lipinski definition) is 4. The molecular weight excluding hydrogens is 198 g/mol. The molecule has 0 spiro atoms. The molecular formula is C10H19NO4. The van der Waals surface area contributed by atoms with Crippen LogP contribution in [-0.4, -0.2) is 45.2 Å². The predicted octanol–water partition coefficient (Wildman–Crippen LogP) is -0.00930. The Morgan fingerprint density at radius 2 is 1.93 bits per heavy atom. The Balaban J connectivity index is 3.32. The van der Waals surface area contributed by atoms with Crippen molar-refractivity contribution in [1.29, 1.82) is 0 Å². The zero-order chi connectivity index (χ0) is 11.7. The molecule has 0 saturated heterocycles. The van der Waals surface area contributed by atoms with Crippen molar-refractivity contribution >= 4 is 11.7 Å². The number of hydrogen-bond donors (Lipinski definition) is 1. The number of Topliss-reactive ketones (excluding diaryl/α,β-unsaturated/α-hetero) is 1. The quantitative estimate of drug-likeness (QED) is 0.581. The largest absolute Gasteiger partial charge is 0.375 e. The number of carbonyl (C=O) groups excluding carboxylic acids is 2. The number of carbonyl (C=O) groups is 2. The summed E-state index contributed by atoms with van der Waals surface area (Å²) < 4.78 is 9.70. The van der Waals surface area contributed by atoms with E-state index >= 15 is 0 Å². The lowest BCUT2D eigenvalue weighted by molar-refractivity contribution is -0.126. The van der Waals surface area contributed by atoms with E-state index in [-0.39, 0.29) is 30.8 Å². The van der Waals surface area contributed by atoms with Crippen LogP contribution in [0.25, 0.3) is 0 Å². The molecule has 0 aliphatic rings. The normalized spacial score (nSPS) is 10.4. The summed E-state index contributed by atoms with van der Waals surface area (Å²) in [5, 5.41) is 2.59. The summed E-state index contributed by atoms with van der Waals surface area (Å²) in [4.78, 5) is 22.0. The molecule has 0 aliphatic carbocycles. The van der Waals surface area contributed by atoms with Crippen molar-refractivity contribution in [3.05, 3.63) is 0 Å². The second kappa shape index (κ2) is 8.38. The number of amides is 1. The second-order valence-electron chi connectivity index (χ2n) is 3.46. The van der Waals surface area contributed by atoms with Crippen molar-refractivity contribution in [1.82, 2.24) is 5.32 Å². The van der Waals surface area contributed by atoms with Gasteiger partial charge >= 0.3 is 0 Å². The highest BCUT2D eigenvalue weighted by atomic mass is 16.5. The van der Waals surface area contributed by atoms with E-state index in [9.17, 15) is 9.59 Å². The summed E-state index contributed by atoms with van der Waals surface area (Å²) in [6, 6.07) is 0. The molecule has 0 aromatic rings. The first-order valence-electron chi connectivity index (χ1n) is 4.94. The molecule has 0 radical (unpaired) electrons. The van der Waals surface area contributed by atoms with E-state index in [0.717, 1.165) is 0 Å². The van der Waals surface area contributed by atoms with E-state index in [1.807, 2.05) is 13.8 Å². The molecule has 0 aromatic heterocycles. The molecule has 5 heteroatoms. The third kappa shape index (κ3) is 8.08. The molecule has 0 unspecified atom stereocenters. The van der Waals surface area contributed by atoms with Crippen molar-refractivity contribution in [3.63, 3.8) is 0 Å². The summed E-state index contributed by atoms with van der Waals surface area (Å²) in [5.41, 5.74) is 0. The Morgan fingerprint density at radius 3 is 2.47 bits per heavy atom. The monoisotopic (exact) mass is 217 g/mol. The number of ether oxygens (including phenoxy) is 2. The number of ketones is 1. The fraction of sp³-hybridized carbons (Fsp3) is 0.800. The van der Waals surface area contributed by atoms with Crippen molar-refractivity contribution in [2.24, 2.45) is 5.92 Å². The highest BCUT2D eigenvalue weighted by Gasteiger charge is 2.06. The fourth-order valence-corrected chi connectivity index (χ4v) is 0.784. The van der Waals surface area contributed by atoms with Gasteiger partial charge in [0, 0.05) is 19.6 Å². The minimum atomic E-state index is -0.184. The van der Waals surface area contributed by atoms with Gasteiger partial charge in [-0.25, -0.2) is 0 Å². The van der Waals surface area contributed by atoms with Crippen LogP contribution in [0.5, 0.6) is 0 Å². The minimum absolute atomic E-state index is 0.00641. The third-order valence-corrected chi connectivity index (χ3v) is 1.73. The van der Waals surface area contributed by atoms with Crippen LogP contribution >= 0.6 is 0 Å². The first-order valence-corrected chi connectivity index (χ1v) is 4.94. The van der Waals surface area contributed by atoms with E-state index in [2.05, 4.69) is 10.1 Å². The molecule has 0 bridgehead atoms. The Kier molecular flexibility index (Phi) is 7.85. The van der Waals surface area contributed by atoms with Crippen LogP contribution < -0.4 is 5.32 Å². The molecule has 0 saturated carbocycles. The summed E-state index contributed by atoms with van der Waals surface area (Å²) in [6.07, 6.45) is 0. The predicted molar refractivity (Wildman–Crippen MR) is 55.5 cm³/mol. The van der Waals surface area contributed by atoms with Gasteiger partial charge in [-0.2, -0.15) is 0 Å². The lowest BCUT2D eigenvalue weighted by Crippen LogP contribution is -2.30. The Bertz CT molecular complexity index is 204. The molecule has 0 aromatic carbocycles. The Hall–Kier alpha value is -0.940. The molecule has 0 aliphatic heterocycles. The Labute approximate surface area is 90.1 Å². The van der Waals surface area contributed by atoms with Gasteiger partial charge in [-0.05, 0) is 0 Å². The maximum absolute atomic E-state index is 11.1. The highest BCUT2D eigenvalue weighted by Crippen LogP contribution is 1.93. The summed E-state index contributed by atoms with van der Waals surface area (Å²) in [5.74, 6) is -0.123. The van der Waals surface area contributed by atoms with Gasteiger partial charge in [0.1, 0.15) is 13.2 Å². The molecule has 15 heavy (non-hydrogen) atoms. The van der Waals surface area contributed by atoms with Gasteiger partial charge in [0.2, 0.25) is 5.91 Å². The molecule has 0 rings (SSSR count). The maximum atomic E-state index is 11.1. The first-order chi connectivity index (χ1) is 7.07. The number of nitrogens with one attached hydrogen (secondary N) is 1. The SMILES string of the molecule is COCC(=O)NCCOCC(=O)C(C)C. The van der Waals surface area contributed by atoms with E-state index < -0.39 is 0 Å². The summed E-state index contributed by atoms with van der Waals surface area (Å²) >= 11 is 0. The van der Waals surface area contributed by atoms with Crippen LogP contribution in [0.3, 0.4) is 0 Å². The molecule has 5 nitrogen and oxygen atoms in total. The van der Waals surface area contributed by atoms with Gasteiger partial charge in [-0.1, -0.05) is 13.8 Å². The van der Waals surface area contributed by atoms with Crippen molar-refractivity contribution < 1.29 is 19.1 Å². The van der Waals surface area contributed by atoms with E-state index in [4.69, 9.17) is 4.74 Å². The molecule has 88 valence electrons. The van der Waals surface area contributed by atoms with Crippen LogP contribution in [0, 0.1) is 5.92 Å². The Morgan fingerprint density at radius 1 is 1.27 bits per heavy atom. The number of methoxy groups -OCH3 is 1. The van der Waals surface area contributed by atoms with Crippen molar-refractivity contribution in [3.8, 4) is 0 Å². The van der Waals surface area contributed by atoms with Crippen molar-refractivity contribution in [2.75, 3.05) is 33.5 Å². The average Bonchev–Trinajstić information content (AvgIpc) is 2.17. The zero-order valence-electron chi connectivity index (χ0n) is 9.54. The van der Waals surface area contributed by atoms with Gasteiger partial charge < -0.3 is 14.8 Å². The lowest BCUT2D eigenvalue weighted by atomic mass is 10.1. The first kappa shape index (κ1) is 14.1. The van der Waals surface area contributed by atoms with Crippen LogP contribution in [0.4, 0.5) is 0 Å². The van der Waals surface area contributed by atoms with Crippen LogP contribution in [0.2, 0.25) is 0 Å².